The van der Waals surface area contributed by atoms with Crippen LogP contribution in [0.1, 0.15) is 24.9 Å². The van der Waals surface area contributed by atoms with Gasteiger partial charge in [-0.1, -0.05) is 6.07 Å². The van der Waals surface area contributed by atoms with Crippen LogP contribution in [0.5, 0.6) is 11.5 Å². The Labute approximate surface area is 120 Å². The molecule has 0 amide bonds. The van der Waals surface area contributed by atoms with Crippen LogP contribution < -0.4 is 10.1 Å². The molecule has 1 aromatic rings. The normalized spacial score (nSPS) is 12.3. The number of benzene rings is 1. The van der Waals surface area contributed by atoms with E-state index in [0.717, 1.165) is 25.1 Å². The van der Waals surface area contributed by atoms with Gasteiger partial charge in [0, 0.05) is 19.8 Å². The number of ether oxygens (including phenoxy) is 3. The topological polar surface area (TPSA) is 60.0 Å². The first kappa shape index (κ1) is 16.8. The van der Waals surface area contributed by atoms with Gasteiger partial charge < -0.3 is 24.6 Å². The fraction of sp³-hybridized carbons (Fsp3) is 0.600. The molecule has 1 aromatic carbocycles. The molecule has 0 saturated carbocycles. The molecule has 0 fully saturated rings. The van der Waals surface area contributed by atoms with E-state index in [2.05, 4.69) is 12.2 Å². The number of aromatic hydroxyl groups is 1. The molecule has 1 rings (SSSR count). The van der Waals surface area contributed by atoms with Gasteiger partial charge in [-0.25, -0.2) is 0 Å². The van der Waals surface area contributed by atoms with E-state index in [9.17, 15) is 5.11 Å². The Kier molecular flexibility index (Phi) is 8.02. The van der Waals surface area contributed by atoms with Crippen LogP contribution in [0, 0.1) is 0 Å². The molecule has 5 heteroatoms. The zero-order chi connectivity index (χ0) is 14.8. The first-order valence-electron chi connectivity index (χ1n) is 6.86. The van der Waals surface area contributed by atoms with Gasteiger partial charge in [0.2, 0.25) is 0 Å². The second-order valence-corrected chi connectivity index (χ2v) is 4.57. The molecule has 0 saturated heterocycles. The van der Waals surface area contributed by atoms with Crippen LogP contribution >= 0.6 is 0 Å². The van der Waals surface area contributed by atoms with Gasteiger partial charge in [0.1, 0.15) is 0 Å². The number of rotatable bonds is 10. The number of phenolic OH excluding ortho intramolecular Hbond substituents is 1. The highest BCUT2D eigenvalue weighted by Gasteiger charge is 2.08. The zero-order valence-corrected chi connectivity index (χ0v) is 12.5. The Morgan fingerprint density at radius 2 is 2.00 bits per heavy atom. The molecule has 0 aliphatic rings. The molecule has 0 bridgehead atoms. The average molecular weight is 283 g/mol. The van der Waals surface area contributed by atoms with Crippen LogP contribution in [-0.2, 0) is 9.47 Å². The van der Waals surface area contributed by atoms with Crippen LogP contribution in [0.2, 0.25) is 0 Å². The van der Waals surface area contributed by atoms with Gasteiger partial charge >= 0.3 is 0 Å². The van der Waals surface area contributed by atoms with E-state index < -0.39 is 0 Å². The summed E-state index contributed by atoms with van der Waals surface area (Å²) in [6, 6.07) is 5.59. The molecular weight excluding hydrogens is 258 g/mol. The van der Waals surface area contributed by atoms with E-state index in [-0.39, 0.29) is 11.8 Å². The number of methoxy groups -OCH3 is 2. The molecule has 0 radical (unpaired) electrons. The smallest absolute Gasteiger partial charge is 0.160 e. The van der Waals surface area contributed by atoms with Gasteiger partial charge in [-0.2, -0.15) is 0 Å². The Morgan fingerprint density at radius 3 is 2.70 bits per heavy atom. The zero-order valence-electron chi connectivity index (χ0n) is 12.5. The molecule has 0 heterocycles. The average Bonchev–Trinajstić information content (AvgIpc) is 2.46. The van der Waals surface area contributed by atoms with Crippen LogP contribution in [0.15, 0.2) is 18.2 Å². The fourth-order valence-electron chi connectivity index (χ4n) is 1.82. The standard InChI is InChI=1S/C15H25NO4/c1-12(16-7-4-8-20-10-9-18-2)13-5-6-14(17)15(11-13)19-3/h5-6,11-12,16-17H,4,7-10H2,1-3H3. The molecule has 114 valence electrons. The second-order valence-electron chi connectivity index (χ2n) is 4.57. The summed E-state index contributed by atoms with van der Waals surface area (Å²) < 4.78 is 15.4. The Balaban J connectivity index is 2.27. The molecule has 0 spiro atoms. The Hall–Kier alpha value is -1.30. The number of phenols is 1. The number of nitrogens with one attached hydrogen (secondary N) is 1. The largest absolute Gasteiger partial charge is 0.504 e. The van der Waals surface area contributed by atoms with Gasteiger partial charge in [0.15, 0.2) is 11.5 Å². The fourth-order valence-corrected chi connectivity index (χ4v) is 1.82. The molecule has 1 atom stereocenters. The summed E-state index contributed by atoms with van der Waals surface area (Å²) >= 11 is 0. The van der Waals surface area contributed by atoms with E-state index in [1.165, 1.54) is 0 Å². The molecule has 0 aliphatic heterocycles. The van der Waals surface area contributed by atoms with Gasteiger partial charge in [0.05, 0.1) is 20.3 Å². The lowest BCUT2D eigenvalue weighted by Gasteiger charge is -2.15. The van der Waals surface area contributed by atoms with Crippen LogP contribution in [0.25, 0.3) is 0 Å². The van der Waals surface area contributed by atoms with Crippen LogP contribution in [0.3, 0.4) is 0 Å². The van der Waals surface area contributed by atoms with E-state index in [0.29, 0.717) is 19.0 Å². The minimum Gasteiger partial charge on any atom is -0.504 e. The molecule has 5 nitrogen and oxygen atoms in total. The molecule has 0 aromatic heterocycles. The molecule has 1 unspecified atom stereocenters. The molecule has 20 heavy (non-hydrogen) atoms. The van der Waals surface area contributed by atoms with E-state index in [4.69, 9.17) is 14.2 Å². The summed E-state index contributed by atoms with van der Waals surface area (Å²) in [5, 5.41) is 13.0. The van der Waals surface area contributed by atoms with Crippen molar-refractivity contribution in [2.75, 3.05) is 40.6 Å². The summed E-state index contributed by atoms with van der Waals surface area (Å²) in [6.45, 7) is 4.95. The molecular formula is C15H25NO4. The maximum atomic E-state index is 9.56. The third-order valence-electron chi connectivity index (χ3n) is 3.05. The number of hydrogen-bond acceptors (Lipinski definition) is 5. The van der Waals surface area contributed by atoms with Crippen molar-refractivity contribution in [1.82, 2.24) is 5.32 Å². The predicted molar refractivity (Wildman–Crippen MR) is 78.4 cm³/mol. The lowest BCUT2D eigenvalue weighted by atomic mass is 10.1. The summed E-state index contributed by atoms with van der Waals surface area (Å²) in [6.07, 6.45) is 0.948. The first-order valence-corrected chi connectivity index (χ1v) is 6.86. The lowest BCUT2D eigenvalue weighted by molar-refractivity contribution is 0.0693. The number of hydrogen-bond donors (Lipinski definition) is 2. The van der Waals surface area contributed by atoms with Crippen molar-refractivity contribution in [3.8, 4) is 11.5 Å². The van der Waals surface area contributed by atoms with Gasteiger partial charge in [-0.3, -0.25) is 0 Å². The van der Waals surface area contributed by atoms with E-state index >= 15 is 0 Å². The summed E-state index contributed by atoms with van der Waals surface area (Å²) in [7, 11) is 3.22. The van der Waals surface area contributed by atoms with Crippen molar-refractivity contribution in [2.24, 2.45) is 0 Å². The monoisotopic (exact) mass is 283 g/mol. The predicted octanol–water partition coefficient (Wildman–Crippen LogP) is 2.10. The highest BCUT2D eigenvalue weighted by Crippen LogP contribution is 2.28. The summed E-state index contributed by atoms with van der Waals surface area (Å²) in [4.78, 5) is 0. The van der Waals surface area contributed by atoms with Gasteiger partial charge in [-0.05, 0) is 37.6 Å². The Morgan fingerprint density at radius 1 is 1.20 bits per heavy atom. The maximum absolute atomic E-state index is 9.56. The van der Waals surface area contributed by atoms with Crippen molar-refractivity contribution in [3.05, 3.63) is 23.8 Å². The molecule has 0 aliphatic carbocycles. The van der Waals surface area contributed by atoms with Crippen molar-refractivity contribution < 1.29 is 19.3 Å². The van der Waals surface area contributed by atoms with Crippen molar-refractivity contribution in [2.45, 2.75) is 19.4 Å². The maximum Gasteiger partial charge on any atom is 0.160 e. The van der Waals surface area contributed by atoms with Crippen LogP contribution in [-0.4, -0.2) is 45.7 Å². The second kappa shape index (κ2) is 9.58. The van der Waals surface area contributed by atoms with Crippen molar-refractivity contribution in [1.29, 1.82) is 0 Å². The van der Waals surface area contributed by atoms with Crippen molar-refractivity contribution >= 4 is 0 Å². The quantitative estimate of drug-likeness (QED) is 0.644. The summed E-state index contributed by atoms with van der Waals surface area (Å²) in [5.74, 6) is 0.661. The molecule has 2 N–H and O–H groups in total. The Bertz CT molecular complexity index is 384. The van der Waals surface area contributed by atoms with Gasteiger partial charge in [-0.15, -0.1) is 0 Å². The van der Waals surface area contributed by atoms with Crippen molar-refractivity contribution in [3.63, 3.8) is 0 Å². The van der Waals surface area contributed by atoms with E-state index in [1.54, 1.807) is 20.3 Å². The SMILES string of the molecule is COCCOCCCNC(C)c1ccc(O)c(OC)c1. The third-order valence-corrected chi connectivity index (χ3v) is 3.05. The van der Waals surface area contributed by atoms with Crippen LogP contribution in [0.4, 0.5) is 0 Å². The van der Waals surface area contributed by atoms with Gasteiger partial charge in [0.25, 0.3) is 0 Å². The summed E-state index contributed by atoms with van der Waals surface area (Å²) in [5.41, 5.74) is 1.08. The highest BCUT2D eigenvalue weighted by atomic mass is 16.5. The lowest BCUT2D eigenvalue weighted by Crippen LogP contribution is -2.21. The van der Waals surface area contributed by atoms with E-state index in [1.807, 2.05) is 12.1 Å². The third kappa shape index (κ3) is 5.77. The minimum absolute atomic E-state index is 0.162. The first-order chi connectivity index (χ1) is 9.69. The minimum atomic E-state index is 0.162. The highest BCUT2D eigenvalue weighted by molar-refractivity contribution is 5.42.